The normalized spacial score (nSPS) is 11.2. The van der Waals surface area contributed by atoms with E-state index in [0.717, 1.165) is 0 Å². The number of carboxylic acids is 3. The predicted molar refractivity (Wildman–Crippen MR) is 252 cm³/mol. The lowest BCUT2D eigenvalue weighted by atomic mass is 10.1. The molecule has 0 aliphatic heterocycles. The van der Waals surface area contributed by atoms with Gasteiger partial charge in [0, 0.05) is 0 Å². The lowest BCUT2D eigenvalue weighted by Gasteiger charge is -2.22. The van der Waals surface area contributed by atoms with Gasteiger partial charge in [-0.1, -0.05) is 0 Å². The summed E-state index contributed by atoms with van der Waals surface area (Å²) in [4.78, 5) is 81.0. The SMILES string of the molecule is Nc1c(I)c(C(=O)O)c(I)c(-n2c(=O)n(-c3c(I)c(N)c(I)c(C(=O)O)c3I)c(=O)n(-c3c(I)c(N)c(I)c(C(=O)O)c3I)c2=O)c1I. The minimum absolute atomic E-state index is 0.0775. The van der Waals surface area contributed by atoms with Crippen molar-refractivity contribution in [3.8, 4) is 17.1 Å². The summed E-state index contributed by atoms with van der Waals surface area (Å²) >= 11 is 15.4. The molecule has 0 fully saturated rings. The van der Waals surface area contributed by atoms with Gasteiger partial charge in [-0.2, -0.15) is 0 Å². The van der Waals surface area contributed by atoms with Crippen molar-refractivity contribution in [3.63, 3.8) is 0 Å². The zero-order valence-electron chi connectivity index (χ0n) is 22.3. The minimum Gasteiger partial charge on any atom is -0.478 e. The summed E-state index contributed by atoms with van der Waals surface area (Å²) in [5.41, 5.74) is 12.8. The zero-order chi connectivity index (χ0) is 36.6. The highest BCUT2D eigenvalue weighted by Gasteiger charge is 2.34. The third-order valence-corrected chi connectivity index (χ3v) is 16.2. The molecule has 0 saturated heterocycles. The van der Waals surface area contributed by atoms with Gasteiger partial charge in [0.05, 0.1) is 82.9 Å². The van der Waals surface area contributed by atoms with Gasteiger partial charge in [0.2, 0.25) is 0 Å². The van der Waals surface area contributed by atoms with Crippen LogP contribution in [0, 0.1) is 32.1 Å². The Morgan fingerprint density at radius 3 is 0.750 bits per heavy atom. The molecule has 0 atom stereocenters. The van der Waals surface area contributed by atoms with Crippen LogP contribution >= 0.6 is 203 Å². The van der Waals surface area contributed by atoms with Crippen LogP contribution in [0.5, 0.6) is 0 Å². The monoisotopic (exact) mass is 1670 g/mol. The van der Waals surface area contributed by atoms with Crippen molar-refractivity contribution in [1.29, 1.82) is 0 Å². The molecule has 15 nitrogen and oxygen atoms in total. The van der Waals surface area contributed by atoms with Gasteiger partial charge in [-0.15, -0.1) is 0 Å². The van der Waals surface area contributed by atoms with Crippen LogP contribution in [0.1, 0.15) is 31.1 Å². The lowest BCUT2D eigenvalue weighted by molar-refractivity contribution is 0.0684. The van der Waals surface area contributed by atoms with Gasteiger partial charge >= 0.3 is 35.0 Å². The number of rotatable bonds is 6. The molecule has 0 amide bonds. The number of aromatic nitrogens is 3. The van der Waals surface area contributed by atoms with Crippen molar-refractivity contribution in [2.24, 2.45) is 0 Å². The summed E-state index contributed by atoms with van der Waals surface area (Å²) in [6.07, 6.45) is 0. The Morgan fingerprint density at radius 1 is 0.396 bits per heavy atom. The van der Waals surface area contributed by atoms with Crippen molar-refractivity contribution in [2.75, 3.05) is 17.2 Å². The maximum atomic E-state index is 14.6. The number of anilines is 3. The van der Waals surface area contributed by atoms with Gasteiger partial charge in [-0.05, 0) is 203 Å². The fraction of sp³-hybridized carbons (Fsp3) is 0. The van der Waals surface area contributed by atoms with E-state index in [0.29, 0.717) is 13.7 Å². The third kappa shape index (κ3) is 6.61. The second-order valence-electron chi connectivity index (χ2n) is 9.01. The molecule has 24 heteroatoms. The topological polar surface area (TPSA) is 256 Å². The van der Waals surface area contributed by atoms with Crippen LogP contribution in [0.3, 0.4) is 0 Å². The molecule has 0 bridgehead atoms. The largest absolute Gasteiger partial charge is 0.478 e. The standard InChI is InChI=1S/C24H9I9N6O9/c25-4-1(19(40)41)7(28)16(10(31)13(4)34)37-22(46)38(17-8(29)2(20(42)43)5(26)14(35)11(17)32)24(48)39(23(37)47)18-9(30)3(21(44)45)6(27)15(36)12(18)33/h34-36H2,(H,40,41)(H,42,43)(H,44,45). The number of halogens is 9. The molecule has 0 unspecified atom stereocenters. The second-order valence-corrected chi connectivity index (χ2v) is 18.7. The van der Waals surface area contributed by atoms with Gasteiger partial charge in [-0.25, -0.2) is 42.5 Å². The Bertz CT molecular complexity index is 2100. The van der Waals surface area contributed by atoms with Crippen molar-refractivity contribution in [3.05, 3.63) is 80.3 Å². The maximum absolute atomic E-state index is 14.6. The van der Waals surface area contributed by atoms with Crippen LogP contribution in [0.25, 0.3) is 17.1 Å². The van der Waals surface area contributed by atoms with Gasteiger partial charge in [0.1, 0.15) is 0 Å². The number of aromatic carboxylic acids is 3. The third-order valence-electron chi connectivity index (χ3n) is 6.44. The van der Waals surface area contributed by atoms with Gasteiger partial charge < -0.3 is 32.5 Å². The molecule has 9 N–H and O–H groups in total. The molecule has 0 saturated carbocycles. The first-order valence-electron chi connectivity index (χ1n) is 11.7. The van der Waals surface area contributed by atoms with Crippen LogP contribution in [0.4, 0.5) is 17.1 Å². The zero-order valence-corrected chi connectivity index (χ0v) is 41.7. The number of nitrogens with zero attached hydrogens (tertiary/aromatic N) is 3. The molecule has 0 spiro atoms. The van der Waals surface area contributed by atoms with E-state index in [9.17, 15) is 44.1 Å². The number of carbonyl (C=O) groups is 3. The average Bonchev–Trinajstić information content (AvgIpc) is 2.98. The van der Waals surface area contributed by atoms with Gasteiger partial charge in [0.25, 0.3) is 0 Å². The highest BCUT2D eigenvalue weighted by Crippen LogP contribution is 2.38. The van der Waals surface area contributed by atoms with Crippen LogP contribution in [0.2, 0.25) is 0 Å². The molecule has 1 heterocycles. The van der Waals surface area contributed by atoms with Crippen molar-refractivity contribution >= 4 is 238 Å². The molecule has 48 heavy (non-hydrogen) atoms. The Labute approximate surface area is 389 Å². The van der Waals surface area contributed by atoms with E-state index in [1.54, 1.807) is 203 Å². The fourth-order valence-corrected chi connectivity index (χ4v) is 16.6. The summed E-state index contributed by atoms with van der Waals surface area (Å²) in [5, 5.41) is 30.2. The number of hydrogen-bond donors (Lipinski definition) is 6. The minimum atomic E-state index is -1.42. The van der Waals surface area contributed by atoms with E-state index in [2.05, 4.69) is 0 Å². The first kappa shape index (κ1) is 41.2. The van der Waals surface area contributed by atoms with Crippen LogP contribution in [-0.2, 0) is 0 Å². The Balaban J connectivity index is 2.50. The quantitative estimate of drug-likeness (QED) is 0.105. The van der Waals surface area contributed by atoms with Crippen molar-refractivity contribution < 1.29 is 29.7 Å². The molecular formula is C24H9I9N6O9. The van der Waals surface area contributed by atoms with E-state index in [1.807, 2.05) is 0 Å². The fourth-order valence-electron chi connectivity index (χ4n) is 4.28. The summed E-state index contributed by atoms with van der Waals surface area (Å²) < 4.78 is 1.95. The number of benzene rings is 3. The van der Waals surface area contributed by atoms with Gasteiger partial charge in [0.15, 0.2) is 0 Å². The first-order valence-corrected chi connectivity index (χ1v) is 21.4. The summed E-state index contributed by atoms with van der Waals surface area (Å²) in [6, 6.07) is 0. The number of nitrogen functional groups attached to an aromatic ring is 3. The predicted octanol–water partition coefficient (Wildman–Crippen LogP) is 5.42. The van der Waals surface area contributed by atoms with E-state index >= 15 is 0 Å². The molecule has 1 aromatic heterocycles. The molecule has 4 rings (SSSR count). The Morgan fingerprint density at radius 2 is 0.583 bits per heavy atom. The second kappa shape index (κ2) is 15.4. The van der Waals surface area contributed by atoms with Crippen LogP contribution in [0.15, 0.2) is 14.4 Å². The van der Waals surface area contributed by atoms with Crippen molar-refractivity contribution in [2.45, 2.75) is 0 Å². The summed E-state index contributed by atoms with van der Waals surface area (Å²) in [7, 11) is 0. The summed E-state index contributed by atoms with van der Waals surface area (Å²) in [6.45, 7) is 0. The smallest absolute Gasteiger partial charge is 0.345 e. The number of hydrogen-bond acceptors (Lipinski definition) is 9. The highest BCUT2D eigenvalue weighted by molar-refractivity contribution is 14.1. The van der Waals surface area contributed by atoms with Crippen molar-refractivity contribution in [1.82, 2.24) is 13.7 Å². The van der Waals surface area contributed by atoms with E-state index < -0.39 is 35.0 Å². The van der Waals surface area contributed by atoms with E-state index in [4.69, 9.17) is 17.2 Å². The van der Waals surface area contributed by atoms with Crippen LogP contribution in [-0.4, -0.2) is 46.9 Å². The van der Waals surface area contributed by atoms with Gasteiger partial charge in [-0.3, -0.25) is 0 Å². The number of carboxylic acid groups (broad SMARTS) is 3. The lowest BCUT2D eigenvalue weighted by Crippen LogP contribution is -2.54. The number of nitrogens with two attached hydrogens (primary N) is 3. The maximum Gasteiger partial charge on any atom is 0.345 e. The Kier molecular flexibility index (Phi) is 13.2. The Hall–Kier alpha value is 0.450. The molecule has 0 aliphatic rings. The van der Waals surface area contributed by atoms with E-state index in [1.165, 1.54) is 0 Å². The van der Waals surface area contributed by atoms with E-state index in [-0.39, 0.29) is 82.9 Å². The average molecular weight is 1670 g/mol. The first-order chi connectivity index (χ1) is 22.1. The molecule has 3 aromatic carbocycles. The molecule has 0 radical (unpaired) electrons. The highest BCUT2D eigenvalue weighted by atomic mass is 127. The summed E-state index contributed by atoms with van der Waals surface area (Å²) in [5.74, 6) is -4.26. The molecule has 4 aromatic rings. The molecule has 0 aliphatic carbocycles. The molecule has 252 valence electrons. The van der Waals surface area contributed by atoms with Crippen LogP contribution < -0.4 is 34.3 Å². The molecular weight excluding hydrogens is 1660 g/mol.